The number of nitrogens with zero attached hydrogens (tertiary/aromatic N) is 3. The Bertz CT molecular complexity index is 843. The topological polar surface area (TPSA) is 4.93 Å². The number of hydrogen-bond acceptors (Lipinski definition) is 0. The lowest BCUT2D eigenvalue weighted by Crippen LogP contribution is -2.34. The zero-order valence-electron chi connectivity index (χ0n) is 15.7. The third-order valence-corrected chi connectivity index (χ3v) is 4.55. The van der Waals surface area contributed by atoms with Crippen molar-refractivity contribution in [1.29, 1.82) is 0 Å². The van der Waals surface area contributed by atoms with Crippen molar-refractivity contribution >= 4 is 22.3 Å². The highest BCUT2D eigenvalue weighted by Gasteiger charge is 2.20. The van der Waals surface area contributed by atoms with E-state index in [2.05, 4.69) is 102 Å². The van der Waals surface area contributed by atoms with E-state index in [4.69, 9.17) is 0 Å². The molecule has 0 aliphatic rings. The van der Waals surface area contributed by atoms with E-state index in [0.717, 1.165) is 15.5 Å². The van der Waals surface area contributed by atoms with Crippen LogP contribution in [-0.2, 0) is 6.54 Å². The lowest BCUT2D eigenvalue weighted by atomic mass is 10.2. The minimum Gasteiger partial charge on any atom is -0.337 e. The van der Waals surface area contributed by atoms with Gasteiger partial charge < -0.3 is 4.57 Å². The molecule has 3 nitrogen and oxygen atoms in total. The Labute approximate surface area is 145 Å². The molecule has 0 spiro atoms. The van der Waals surface area contributed by atoms with Gasteiger partial charge in [0.2, 0.25) is 0 Å². The molecule has 0 bridgehead atoms. The van der Waals surface area contributed by atoms with Gasteiger partial charge in [0.1, 0.15) is 5.69 Å². The largest absolute Gasteiger partial charge is 0.337 e. The van der Waals surface area contributed by atoms with Crippen molar-refractivity contribution in [3.05, 3.63) is 60.3 Å². The summed E-state index contributed by atoms with van der Waals surface area (Å²) in [6.45, 7) is 0.901. The van der Waals surface area contributed by atoms with Gasteiger partial charge >= 0.3 is 0 Å². The molecule has 126 valence electrons. The van der Waals surface area contributed by atoms with Gasteiger partial charge in [-0.2, -0.15) is 0 Å². The second-order valence-corrected chi connectivity index (χ2v) is 8.35. The predicted octanol–water partition coefficient (Wildman–Crippen LogP) is 4.08. The molecule has 1 heterocycles. The SMILES string of the molecule is C[N+](C)(C)c1ccc(Cn2cc([N+](C)(C)C)c3ccccc32)cc1. The van der Waals surface area contributed by atoms with Crippen LogP contribution in [0.15, 0.2) is 54.7 Å². The molecular formula is C21H29N3+2. The van der Waals surface area contributed by atoms with E-state index in [1.165, 1.54) is 27.8 Å². The molecule has 0 fully saturated rings. The highest BCUT2D eigenvalue weighted by molar-refractivity contribution is 5.92. The average molecular weight is 323 g/mol. The maximum Gasteiger partial charge on any atom is 0.158 e. The lowest BCUT2D eigenvalue weighted by Gasteiger charge is -2.23. The first kappa shape index (κ1) is 16.7. The summed E-state index contributed by atoms with van der Waals surface area (Å²) in [6.07, 6.45) is 2.30. The molecule has 3 rings (SSSR count). The van der Waals surface area contributed by atoms with Crippen molar-refractivity contribution in [3.63, 3.8) is 0 Å². The van der Waals surface area contributed by atoms with Crippen LogP contribution in [0.4, 0.5) is 11.4 Å². The van der Waals surface area contributed by atoms with Crippen molar-refractivity contribution in [2.45, 2.75) is 6.54 Å². The fraction of sp³-hybridized carbons (Fsp3) is 0.333. The van der Waals surface area contributed by atoms with Crippen molar-refractivity contribution in [1.82, 2.24) is 13.5 Å². The number of hydrogen-bond donors (Lipinski definition) is 0. The Morgan fingerprint density at radius 1 is 0.750 bits per heavy atom. The number of fused-ring (bicyclic) bond motifs is 1. The average Bonchev–Trinajstić information content (AvgIpc) is 2.86. The number of rotatable bonds is 4. The van der Waals surface area contributed by atoms with Gasteiger partial charge in [0.15, 0.2) is 5.69 Å². The van der Waals surface area contributed by atoms with E-state index < -0.39 is 0 Å². The molecule has 0 unspecified atom stereocenters. The molecule has 2 aromatic carbocycles. The zero-order valence-corrected chi connectivity index (χ0v) is 15.7. The first-order chi connectivity index (χ1) is 11.2. The quantitative estimate of drug-likeness (QED) is 0.638. The summed E-state index contributed by atoms with van der Waals surface area (Å²) >= 11 is 0. The van der Waals surface area contributed by atoms with Crippen molar-refractivity contribution in [2.75, 3.05) is 42.3 Å². The molecule has 24 heavy (non-hydrogen) atoms. The van der Waals surface area contributed by atoms with E-state index in [1.807, 2.05) is 0 Å². The number of para-hydroxylation sites is 1. The third kappa shape index (κ3) is 3.23. The van der Waals surface area contributed by atoms with E-state index in [-0.39, 0.29) is 0 Å². The van der Waals surface area contributed by atoms with Gasteiger partial charge in [0.05, 0.1) is 59.4 Å². The van der Waals surface area contributed by atoms with Gasteiger partial charge in [-0.25, -0.2) is 0 Å². The second-order valence-electron chi connectivity index (χ2n) is 8.35. The highest BCUT2D eigenvalue weighted by atomic mass is 15.3. The molecule has 3 heteroatoms. The standard InChI is InChI=1S/C21H29N3/c1-23(2,3)18-13-11-17(12-14-18)15-22-16-21(24(4,5)6)19-9-7-8-10-20(19)22/h7-14,16H,15H2,1-6H3/q+2. The molecule has 0 radical (unpaired) electrons. The summed E-state index contributed by atoms with van der Waals surface area (Å²) in [5.41, 5.74) is 5.31. The van der Waals surface area contributed by atoms with Gasteiger partial charge in [-0.15, -0.1) is 0 Å². The Morgan fingerprint density at radius 3 is 1.96 bits per heavy atom. The summed E-state index contributed by atoms with van der Waals surface area (Å²) in [5, 5.41) is 1.34. The summed E-state index contributed by atoms with van der Waals surface area (Å²) in [7, 11) is 13.3. The van der Waals surface area contributed by atoms with Crippen molar-refractivity contribution in [2.24, 2.45) is 0 Å². The van der Waals surface area contributed by atoms with Gasteiger partial charge in [0, 0.05) is 6.54 Å². The number of quaternary nitrogens is 2. The molecule has 0 aliphatic heterocycles. The van der Waals surface area contributed by atoms with E-state index in [9.17, 15) is 0 Å². The molecule has 0 N–H and O–H groups in total. The molecular weight excluding hydrogens is 294 g/mol. The fourth-order valence-electron chi connectivity index (χ4n) is 3.14. The van der Waals surface area contributed by atoms with E-state index >= 15 is 0 Å². The minimum absolute atomic E-state index is 0.827. The van der Waals surface area contributed by atoms with Gasteiger partial charge in [-0.3, -0.25) is 8.97 Å². The van der Waals surface area contributed by atoms with Crippen LogP contribution < -0.4 is 8.97 Å². The predicted molar refractivity (Wildman–Crippen MR) is 107 cm³/mol. The smallest absolute Gasteiger partial charge is 0.158 e. The second kappa shape index (κ2) is 5.76. The molecule has 0 aliphatic carbocycles. The van der Waals surface area contributed by atoms with Crippen LogP contribution in [-0.4, -0.2) is 46.9 Å². The van der Waals surface area contributed by atoms with Gasteiger partial charge in [-0.1, -0.05) is 24.3 Å². The van der Waals surface area contributed by atoms with Crippen molar-refractivity contribution < 1.29 is 0 Å². The van der Waals surface area contributed by atoms with E-state index in [0.29, 0.717) is 0 Å². The molecule has 1 aromatic heterocycles. The molecule has 0 saturated carbocycles. The van der Waals surface area contributed by atoms with Crippen LogP contribution in [0.2, 0.25) is 0 Å². The summed E-state index contributed by atoms with van der Waals surface area (Å²) in [6, 6.07) is 17.7. The summed E-state index contributed by atoms with van der Waals surface area (Å²) in [4.78, 5) is 0. The first-order valence-electron chi connectivity index (χ1n) is 8.47. The maximum absolute atomic E-state index is 2.37. The zero-order chi connectivity index (χ0) is 17.5. The number of benzene rings is 2. The molecule has 0 atom stereocenters. The Balaban J connectivity index is 1.99. The van der Waals surface area contributed by atoms with Crippen LogP contribution in [0.3, 0.4) is 0 Å². The van der Waals surface area contributed by atoms with Gasteiger partial charge in [0.25, 0.3) is 0 Å². The summed E-state index contributed by atoms with van der Waals surface area (Å²) < 4.78 is 4.04. The molecule has 3 aromatic rings. The van der Waals surface area contributed by atoms with Crippen LogP contribution in [0, 0.1) is 0 Å². The maximum atomic E-state index is 2.37. The Kier molecular flexibility index (Phi) is 4.02. The lowest BCUT2D eigenvalue weighted by molar-refractivity contribution is 0.486. The summed E-state index contributed by atoms with van der Waals surface area (Å²) in [5.74, 6) is 0. The van der Waals surface area contributed by atoms with E-state index in [1.54, 1.807) is 0 Å². The fourth-order valence-corrected chi connectivity index (χ4v) is 3.14. The Morgan fingerprint density at radius 2 is 1.38 bits per heavy atom. The van der Waals surface area contributed by atoms with Gasteiger partial charge in [-0.05, 0) is 29.8 Å². The van der Waals surface area contributed by atoms with Crippen LogP contribution in [0.25, 0.3) is 10.9 Å². The first-order valence-corrected chi connectivity index (χ1v) is 8.47. The highest BCUT2D eigenvalue weighted by Crippen LogP contribution is 2.31. The van der Waals surface area contributed by atoms with Crippen LogP contribution in [0.1, 0.15) is 5.56 Å². The molecule has 0 saturated heterocycles. The van der Waals surface area contributed by atoms with Crippen LogP contribution in [0.5, 0.6) is 0 Å². The number of aromatic nitrogens is 1. The van der Waals surface area contributed by atoms with Crippen molar-refractivity contribution in [3.8, 4) is 0 Å². The third-order valence-electron chi connectivity index (χ3n) is 4.55. The van der Waals surface area contributed by atoms with Crippen LogP contribution >= 0.6 is 0 Å². The molecule has 0 amide bonds. The minimum atomic E-state index is 0.827. The normalized spacial score (nSPS) is 12.8. The monoisotopic (exact) mass is 323 g/mol. The Hall–Kier alpha value is -2.10.